The minimum absolute atomic E-state index is 0. The second-order valence-electron chi connectivity index (χ2n) is 13.7. The van der Waals surface area contributed by atoms with Crippen LogP contribution in [0.1, 0.15) is 0 Å². The molecule has 0 bridgehead atoms. The molecular formula is C52H52P4RhS2+3. The molecule has 1 radical (unpaired) electrons. The fraction of sp³-hybridized carbons (Fsp3) is 0.0769. The fourth-order valence-corrected chi connectivity index (χ4v) is 19.3. The molecule has 0 saturated heterocycles. The molecule has 8 aromatic rings. The third kappa shape index (κ3) is 14.5. The maximum atomic E-state index is 3.67. The van der Waals surface area contributed by atoms with Gasteiger partial charge in [-0.15, -0.1) is 0 Å². The number of hydrogen-bond acceptors (Lipinski definition) is 2. The van der Waals surface area contributed by atoms with Crippen LogP contribution < -0.4 is 42.4 Å². The zero-order valence-electron chi connectivity index (χ0n) is 33.0. The number of benzene rings is 8. The van der Waals surface area contributed by atoms with Crippen LogP contribution in [0.2, 0.25) is 0 Å². The van der Waals surface area contributed by atoms with Crippen molar-refractivity contribution in [3.05, 3.63) is 243 Å². The van der Waals surface area contributed by atoms with E-state index in [9.17, 15) is 0 Å². The van der Waals surface area contributed by atoms with Gasteiger partial charge in [-0.2, -0.15) is 0 Å². The van der Waals surface area contributed by atoms with Gasteiger partial charge in [0.05, 0.1) is 61.8 Å². The maximum Gasteiger partial charge on any atom is 0.101 e. The van der Waals surface area contributed by atoms with E-state index in [1.165, 1.54) is 67.1 Å². The molecule has 0 aromatic heterocycles. The first-order valence-corrected chi connectivity index (χ1v) is 27.8. The van der Waals surface area contributed by atoms with Gasteiger partial charge in [-0.05, 0) is 91.3 Å². The molecule has 8 aromatic carbocycles. The van der Waals surface area contributed by atoms with E-state index in [2.05, 4.69) is 266 Å². The van der Waals surface area contributed by atoms with Crippen molar-refractivity contribution in [1.82, 2.24) is 0 Å². The van der Waals surface area contributed by atoms with Crippen molar-refractivity contribution in [2.45, 2.75) is 0 Å². The van der Waals surface area contributed by atoms with E-state index >= 15 is 0 Å². The van der Waals surface area contributed by atoms with Crippen LogP contribution in [0.4, 0.5) is 0 Å². The van der Waals surface area contributed by atoms with Crippen molar-refractivity contribution < 1.29 is 19.5 Å². The standard InChI is InChI=1S/2C26H24P2.Rh.S2.H/c2*1-5-13-23(14-6-1)27(24-15-7-2-8-16-24)21-22-28(25-17-9-3-10-18-25)26-19-11-4-12-20-26;;1-2;/h2*1-20H,21-22H2;;;/q;;+2;-2;/p+3. The molecule has 0 heterocycles. The van der Waals surface area contributed by atoms with Gasteiger partial charge in [0.15, 0.2) is 0 Å². The molecule has 59 heavy (non-hydrogen) atoms. The average Bonchev–Trinajstić information content (AvgIpc) is 3.32. The molecular weight excluding hydrogens is 916 g/mol. The summed E-state index contributed by atoms with van der Waals surface area (Å²) < 4.78 is 0. The summed E-state index contributed by atoms with van der Waals surface area (Å²) in [7, 11) is -2.70. The summed E-state index contributed by atoms with van der Waals surface area (Å²) in [5.41, 5.74) is 0. The zero-order chi connectivity index (χ0) is 40.0. The quantitative estimate of drug-likeness (QED) is 0.0462. The molecule has 7 heteroatoms. The summed E-state index contributed by atoms with van der Waals surface area (Å²) in [6.07, 6.45) is 4.99. The smallest absolute Gasteiger partial charge is 0.101 e. The second-order valence-corrected chi connectivity index (χ2v) is 23.9. The molecule has 0 unspecified atom stereocenters. The van der Waals surface area contributed by atoms with Crippen molar-refractivity contribution in [2.24, 2.45) is 0 Å². The van der Waals surface area contributed by atoms with E-state index in [0.29, 0.717) is 0 Å². The fourth-order valence-electron chi connectivity index (χ4n) is 7.30. The molecule has 0 nitrogen and oxygen atoms in total. The maximum absolute atomic E-state index is 3.67. The first-order valence-electron chi connectivity index (χ1n) is 19.8. The summed E-state index contributed by atoms with van der Waals surface area (Å²) in [6.45, 7) is 0. The zero-order valence-corrected chi connectivity index (χ0v) is 40.3. The molecule has 0 saturated carbocycles. The van der Waals surface area contributed by atoms with Gasteiger partial charge in [0, 0.05) is 6.16 Å². The third-order valence-electron chi connectivity index (χ3n) is 10.1. The molecule has 8 rings (SSSR count). The van der Waals surface area contributed by atoms with Crippen LogP contribution in [0.3, 0.4) is 0 Å². The summed E-state index contributed by atoms with van der Waals surface area (Å²) in [6, 6.07) is 88.9. The van der Waals surface area contributed by atoms with Gasteiger partial charge in [0.25, 0.3) is 0 Å². The normalized spacial score (nSPS) is 10.6. The molecule has 0 aliphatic carbocycles. The van der Waals surface area contributed by atoms with Crippen LogP contribution in [-0.4, -0.2) is 24.6 Å². The van der Waals surface area contributed by atoms with E-state index in [1.54, 1.807) is 0 Å². The number of rotatable bonds is 14. The number of hydrogen-bond donors (Lipinski definition) is 0. The van der Waals surface area contributed by atoms with Gasteiger partial charge < -0.3 is 23.3 Å². The Hall–Kier alpha value is -3.20. The summed E-state index contributed by atoms with van der Waals surface area (Å²) in [5.74, 6) is 0. The van der Waals surface area contributed by atoms with Crippen LogP contribution in [0, 0.1) is 0 Å². The van der Waals surface area contributed by atoms with E-state index in [4.69, 9.17) is 0 Å². The van der Waals surface area contributed by atoms with Crippen molar-refractivity contribution in [3.8, 4) is 0 Å². The molecule has 0 N–H and O–H groups in total. The Balaban J connectivity index is 0.000000212. The van der Waals surface area contributed by atoms with Crippen molar-refractivity contribution >= 4 is 97.4 Å². The van der Waals surface area contributed by atoms with E-state index < -0.39 is 23.8 Å². The van der Waals surface area contributed by atoms with Crippen LogP contribution in [0.15, 0.2) is 243 Å². The molecule has 0 amide bonds. The first kappa shape index (κ1) is 46.9. The Kier molecular flexibility index (Phi) is 21.4. The van der Waals surface area contributed by atoms with E-state index in [1.807, 2.05) is 0 Å². The van der Waals surface area contributed by atoms with Crippen LogP contribution >= 0.6 is 31.7 Å². The van der Waals surface area contributed by atoms with Gasteiger partial charge in [-0.1, -0.05) is 170 Å². The van der Waals surface area contributed by atoms with Gasteiger partial charge in [-0.3, -0.25) is 0 Å². The molecule has 0 fully saturated rings. The monoisotopic (exact) mass is 967 g/mol. The minimum atomic E-state index is -0.793. The average molecular weight is 968 g/mol. The van der Waals surface area contributed by atoms with Crippen molar-refractivity contribution in [3.63, 3.8) is 0 Å². The van der Waals surface area contributed by atoms with Gasteiger partial charge in [0.1, 0.15) is 12.3 Å². The van der Waals surface area contributed by atoms with Gasteiger partial charge in [-0.25, -0.2) is 0 Å². The Bertz CT molecular complexity index is 1770. The van der Waals surface area contributed by atoms with E-state index in [0.717, 1.165) is 0 Å². The predicted octanol–water partition coefficient (Wildman–Crippen LogP) is 9.43. The Morgan fingerprint density at radius 1 is 0.271 bits per heavy atom. The van der Waals surface area contributed by atoms with Gasteiger partial charge >= 0.3 is 19.5 Å². The van der Waals surface area contributed by atoms with Crippen LogP contribution in [0.25, 0.3) is 0 Å². The largest absolute Gasteiger partial charge is 1.00 e. The topological polar surface area (TPSA) is 0 Å². The molecule has 0 aliphatic heterocycles. The molecule has 298 valence electrons. The first-order chi connectivity index (χ1) is 28.8. The predicted molar refractivity (Wildman–Crippen MR) is 276 cm³/mol. The van der Waals surface area contributed by atoms with Crippen molar-refractivity contribution in [1.29, 1.82) is 0 Å². The summed E-state index contributed by atoms with van der Waals surface area (Å²) in [4.78, 5) is 0. The SMILES string of the molecule is [RhH+2].[S-][S-].c1ccc(P(CC[PH+](c2ccccc2)c2ccccc2)c2ccccc2)cc1.c1ccc([PH+](CC[PH+](c2ccccc2)c2ccccc2)c2ccccc2)cc1. The Morgan fingerprint density at radius 3 is 0.678 bits per heavy atom. The van der Waals surface area contributed by atoms with E-state index in [-0.39, 0.29) is 27.4 Å². The summed E-state index contributed by atoms with van der Waals surface area (Å²) in [5, 5.41) is 12.0. The third-order valence-corrected chi connectivity index (χ3v) is 21.9. The van der Waals surface area contributed by atoms with Crippen molar-refractivity contribution in [2.75, 3.05) is 24.6 Å². The van der Waals surface area contributed by atoms with Crippen LogP contribution in [-0.2, 0) is 42.8 Å². The molecule has 0 spiro atoms. The molecule has 0 atom stereocenters. The second kappa shape index (κ2) is 26.9. The summed E-state index contributed by atoms with van der Waals surface area (Å²) >= 11 is 7.33. The van der Waals surface area contributed by atoms with Crippen LogP contribution in [0.5, 0.6) is 0 Å². The molecule has 0 aliphatic rings. The Morgan fingerprint density at radius 2 is 0.458 bits per heavy atom. The minimum Gasteiger partial charge on any atom is -1.00 e. The Labute approximate surface area is 381 Å². The van der Waals surface area contributed by atoms with Gasteiger partial charge in [0.2, 0.25) is 0 Å².